The van der Waals surface area contributed by atoms with Crippen LogP contribution >= 0.6 is 0 Å². The van der Waals surface area contributed by atoms with E-state index in [2.05, 4.69) is 4.90 Å². The fraction of sp³-hybridized carbons (Fsp3) is 0.500. The smallest absolute Gasteiger partial charge is 0.124 e. The van der Waals surface area contributed by atoms with Crippen LogP contribution in [0.25, 0.3) is 0 Å². The van der Waals surface area contributed by atoms with E-state index < -0.39 is 0 Å². The first-order valence-corrected chi connectivity index (χ1v) is 6.39. The number of hydrogen-bond donors (Lipinski definition) is 2. The zero-order chi connectivity index (χ0) is 13.0. The Hall–Kier alpha value is -1.55. The fourth-order valence-electron chi connectivity index (χ4n) is 2.63. The molecule has 1 fully saturated rings. The highest BCUT2D eigenvalue weighted by Gasteiger charge is 2.21. The van der Waals surface area contributed by atoms with Crippen molar-refractivity contribution in [1.29, 1.82) is 5.41 Å². The van der Waals surface area contributed by atoms with Crippen LogP contribution in [0.1, 0.15) is 18.4 Å². The third-order valence-corrected chi connectivity index (χ3v) is 3.46. The van der Waals surface area contributed by atoms with Gasteiger partial charge in [0.25, 0.3) is 0 Å². The number of methoxy groups -OCH3 is 1. The topological polar surface area (TPSA) is 62.3 Å². The molecule has 4 heteroatoms. The monoisotopic (exact) mass is 247 g/mol. The molecule has 0 saturated carbocycles. The molecule has 4 nitrogen and oxygen atoms in total. The van der Waals surface area contributed by atoms with Crippen molar-refractivity contribution in [1.82, 2.24) is 0 Å². The number of piperidine rings is 1. The second-order valence-corrected chi connectivity index (χ2v) is 4.84. The van der Waals surface area contributed by atoms with Crippen molar-refractivity contribution in [3.05, 3.63) is 29.8 Å². The van der Waals surface area contributed by atoms with Crippen molar-refractivity contribution in [2.45, 2.75) is 12.8 Å². The number of nitrogens with zero attached hydrogens (tertiary/aromatic N) is 1. The molecule has 0 aliphatic carbocycles. The summed E-state index contributed by atoms with van der Waals surface area (Å²) < 4.78 is 5.25. The van der Waals surface area contributed by atoms with E-state index in [0.29, 0.717) is 5.92 Å². The summed E-state index contributed by atoms with van der Waals surface area (Å²) in [6.07, 6.45) is 2.38. The minimum absolute atomic E-state index is 0.138. The number of ether oxygens (including phenoxy) is 1. The van der Waals surface area contributed by atoms with Crippen LogP contribution in [0.5, 0.6) is 0 Å². The van der Waals surface area contributed by atoms with Gasteiger partial charge in [-0.3, -0.25) is 5.41 Å². The van der Waals surface area contributed by atoms with Crippen molar-refractivity contribution in [2.75, 3.05) is 31.7 Å². The molecule has 1 atom stereocenters. The van der Waals surface area contributed by atoms with Crippen molar-refractivity contribution in [3.63, 3.8) is 0 Å². The summed E-state index contributed by atoms with van der Waals surface area (Å²) in [7, 11) is 1.75. The van der Waals surface area contributed by atoms with Crippen LogP contribution in [0.4, 0.5) is 5.69 Å². The number of para-hydroxylation sites is 1. The van der Waals surface area contributed by atoms with Gasteiger partial charge in [-0.05, 0) is 30.9 Å². The first kappa shape index (κ1) is 12.9. The highest BCUT2D eigenvalue weighted by Crippen LogP contribution is 2.26. The third kappa shape index (κ3) is 2.82. The van der Waals surface area contributed by atoms with E-state index in [1.165, 1.54) is 12.8 Å². The number of benzene rings is 1. The Bertz CT molecular complexity index is 417. The molecule has 1 aromatic rings. The Balaban J connectivity index is 2.18. The number of hydrogen-bond acceptors (Lipinski definition) is 3. The van der Waals surface area contributed by atoms with Crippen LogP contribution in [0.15, 0.2) is 24.3 Å². The summed E-state index contributed by atoms with van der Waals surface area (Å²) in [6, 6.07) is 7.89. The molecule has 1 aliphatic rings. The molecule has 2 rings (SSSR count). The van der Waals surface area contributed by atoms with Gasteiger partial charge in [-0.15, -0.1) is 0 Å². The average molecular weight is 247 g/mol. The van der Waals surface area contributed by atoms with E-state index >= 15 is 0 Å². The van der Waals surface area contributed by atoms with Gasteiger partial charge in [-0.2, -0.15) is 0 Å². The van der Waals surface area contributed by atoms with Crippen molar-refractivity contribution in [3.8, 4) is 0 Å². The lowest BCUT2D eigenvalue weighted by molar-refractivity contribution is 0.143. The van der Waals surface area contributed by atoms with E-state index in [4.69, 9.17) is 15.9 Å². The predicted molar refractivity (Wildman–Crippen MR) is 74.3 cm³/mol. The normalized spacial score (nSPS) is 19.8. The summed E-state index contributed by atoms with van der Waals surface area (Å²) in [5, 5.41) is 7.65. The van der Waals surface area contributed by atoms with Gasteiger partial charge in [0.1, 0.15) is 5.84 Å². The molecule has 1 unspecified atom stereocenters. The van der Waals surface area contributed by atoms with Gasteiger partial charge in [0, 0.05) is 31.5 Å². The van der Waals surface area contributed by atoms with E-state index in [0.717, 1.165) is 30.9 Å². The van der Waals surface area contributed by atoms with E-state index in [1.807, 2.05) is 24.3 Å². The van der Waals surface area contributed by atoms with Gasteiger partial charge in [0.05, 0.1) is 6.61 Å². The maximum Gasteiger partial charge on any atom is 0.124 e. The Labute approximate surface area is 108 Å². The molecular formula is C14H21N3O. The maximum absolute atomic E-state index is 7.65. The molecule has 1 aromatic carbocycles. The lowest BCUT2D eigenvalue weighted by Crippen LogP contribution is -2.38. The molecule has 0 spiro atoms. The summed E-state index contributed by atoms with van der Waals surface area (Å²) in [4.78, 5) is 2.32. The van der Waals surface area contributed by atoms with Crippen LogP contribution in [-0.2, 0) is 4.74 Å². The molecule has 0 bridgehead atoms. The van der Waals surface area contributed by atoms with Crippen LogP contribution in [0.3, 0.4) is 0 Å². The molecule has 1 saturated heterocycles. The van der Waals surface area contributed by atoms with E-state index in [9.17, 15) is 0 Å². The maximum atomic E-state index is 7.65. The number of nitrogens with two attached hydrogens (primary N) is 1. The van der Waals surface area contributed by atoms with E-state index in [-0.39, 0.29) is 5.84 Å². The van der Waals surface area contributed by atoms with Crippen molar-refractivity contribution >= 4 is 11.5 Å². The van der Waals surface area contributed by atoms with Gasteiger partial charge < -0.3 is 15.4 Å². The molecule has 3 N–H and O–H groups in total. The van der Waals surface area contributed by atoms with Gasteiger partial charge in [0.2, 0.25) is 0 Å². The van der Waals surface area contributed by atoms with Gasteiger partial charge in [0.15, 0.2) is 0 Å². The molecule has 0 amide bonds. The number of rotatable bonds is 4. The molecule has 98 valence electrons. The lowest BCUT2D eigenvalue weighted by atomic mass is 9.97. The second kappa shape index (κ2) is 5.87. The quantitative estimate of drug-likeness (QED) is 0.630. The zero-order valence-electron chi connectivity index (χ0n) is 10.9. The summed E-state index contributed by atoms with van der Waals surface area (Å²) in [6.45, 7) is 2.82. The zero-order valence-corrected chi connectivity index (χ0v) is 10.9. The standard InChI is InChI=1S/C14H21N3O/c1-18-10-11-5-4-8-17(9-11)13-7-3-2-6-12(13)14(15)16/h2-3,6-7,11H,4-5,8-10H2,1H3,(H3,15,16). The molecule has 18 heavy (non-hydrogen) atoms. The highest BCUT2D eigenvalue weighted by molar-refractivity contribution is 6.00. The fourth-order valence-corrected chi connectivity index (χ4v) is 2.63. The van der Waals surface area contributed by atoms with Crippen molar-refractivity contribution < 1.29 is 4.74 Å². The molecular weight excluding hydrogens is 226 g/mol. The van der Waals surface area contributed by atoms with Crippen LogP contribution < -0.4 is 10.6 Å². The predicted octanol–water partition coefficient (Wildman–Crippen LogP) is 1.83. The molecule has 1 aliphatic heterocycles. The van der Waals surface area contributed by atoms with E-state index in [1.54, 1.807) is 7.11 Å². The summed E-state index contributed by atoms with van der Waals surface area (Å²) in [5.41, 5.74) is 7.55. The van der Waals surface area contributed by atoms with Crippen molar-refractivity contribution in [2.24, 2.45) is 11.7 Å². The summed E-state index contributed by atoms with van der Waals surface area (Å²) in [5.74, 6) is 0.711. The molecule has 0 radical (unpaired) electrons. The number of nitrogens with one attached hydrogen (secondary N) is 1. The lowest BCUT2D eigenvalue weighted by Gasteiger charge is -2.35. The Morgan fingerprint density at radius 2 is 2.28 bits per heavy atom. The first-order valence-electron chi connectivity index (χ1n) is 6.39. The number of amidine groups is 1. The summed E-state index contributed by atoms with van der Waals surface area (Å²) >= 11 is 0. The molecule has 1 heterocycles. The minimum atomic E-state index is 0.138. The number of nitrogen functional groups attached to an aromatic ring is 1. The Kier molecular flexibility index (Phi) is 4.20. The minimum Gasteiger partial charge on any atom is -0.384 e. The van der Waals surface area contributed by atoms with Gasteiger partial charge >= 0.3 is 0 Å². The highest BCUT2D eigenvalue weighted by atomic mass is 16.5. The van der Waals surface area contributed by atoms with Gasteiger partial charge in [-0.1, -0.05) is 12.1 Å². The van der Waals surface area contributed by atoms with Crippen LogP contribution in [0.2, 0.25) is 0 Å². The molecule has 0 aromatic heterocycles. The Morgan fingerprint density at radius 3 is 3.00 bits per heavy atom. The number of anilines is 1. The van der Waals surface area contributed by atoms with Crippen LogP contribution in [0, 0.1) is 11.3 Å². The second-order valence-electron chi connectivity index (χ2n) is 4.84. The first-order chi connectivity index (χ1) is 8.72. The Morgan fingerprint density at radius 1 is 1.50 bits per heavy atom. The SMILES string of the molecule is COCC1CCCN(c2ccccc2C(=N)N)C1. The third-order valence-electron chi connectivity index (χ3n) is 3.46. The van der Waals surface area contributed by atoms with Gasteiger partial charge in [-0.25, -0.2) is 0 Å². The average Bonchev–Trinajstić information content (AvgIpc) is 2.39. The largest absolute Gasteiger partial charge is 0.384 e. The van der Waals surface area contributed by atoms with Crippen LogP contribution in [-0.4, -0.2) is 32.6 Å².